The highest BCUT2D eigenvalue weighted by Crippen LogP contribution is 2.44. The average molecular weight is 440 g/mol. The maximum Gasteiger partial charge on any atom is 0.241 e. The number of piperazine rings is 1. The van der Waals surface area contributed by atoms with Crippen molar-refractivity contribution in [2.24, 2.45) is 0 Å². The molecule has 1 atom stereocenters. The number of nitrogens with zero attached hydrogens (tertiary/aromatic N) is 3. The van der Waals surface area contributed by atoms with Gasteiger partial charge in [0.05, 0.1) is 18.8 Å². The molecule has 0 spiro atoms. The second-order valence-electron chi connectivity index (χ2n) is 9.51. The van der Waals surface area contributed by atoms with Gasteiger partial charge < -0.3 is 14.5 Å². The van der Waals surface area contributed by atoms with Crippen molar-refractivity contribution in [1.29, 1.82) is 0 Å². The normalized spacial score (nSPS) is 20.7. The minimum Gasteiger partial charge on any atom is -0.494 e. The first kappa shape index (κ1) is 22.6. The summed E-state index contributed by atoms with van der Waals surface area (Å²) in [4.78, 5) is 19.8. The van der Waals surface area contributed by atoms with E-state index in [4.69, 9.17) is 4.74 Å². The predicted molar refractivity (Wildman–Crippen MR) is 127 cm³/mol. The molecule has 1 saturated heterocycles. The van der Waals surface area contributed by atoms with Crippen LogP contribution < -0.4 is 14.5 Å². The molecular weight excluding hydrogens is 405 g/mol. The standard InChI is InChI=1S/C26H34FN3O2/c1-5-32-20-10-11-23-21(16-20)19(2)17-26(3,4)30(23)25(31)18-28-12-14-29(15-13-28)24-9-7-6-8-22(24)27/h6-11,16,19H,5,12-15,17-18H2,1-4H3. The van der Waals surface area contributed by atoms with Crippen LogP contribution in [0.2, 0.25) is 0 Å². The lowest BCUT2D eigenvalue weighted by Crippen LogP contribution is -2.56. The Balaban J connectivity index is 1.47. The molecular formula is C26H34FN3O2. The minimum atomic E-state index is -0.258. The summed E-state index contributed by atoms with van der Waals surface area (Å²) in [7, 11) is 0. The van der Waals surface area contributed by atoms with Crippen LogP contribution in [-0.4, -0.2) is 55.7 Å². The molecule has 32 heavy (non-hydrogen) atoms. The second-order valence-corrected chi connectivity index (χ2v) is 9.51. The molecule has 2 aliphatic rings. The van der Waals surface area contributed by atoms with Crippen LogP contribution in [0.25, 0.3) is 0 Å². The number of amides is 1. The van der Waals surface area contributed by atoms with E-state index in [1.807, 2.05) is 36.1 Å². The summed E-state index contributed by atoms with van der Waals surface area (Å²) >= 11 is 0. The molecule has 6 heteroatoms. The molecule has 2 aliphatic heterocycles. The number of carbonyl (C=O) groups excluding carboxylic acids is 1. The van der Waals surface area contributed by atoms with E-state index in [1.54, 1.807) is 6.07 Å². The van der Waals surface area contributed by atoms with Crippen molar-refractivity contribution in [3.8, 4) is 5.75 Å². The molecule has 2 heterocycles. The smallest absolute Gasteiger partial charge is 0.241 e. The highest BCUT2D eigenvalue weighted by atomic mass is 19.1. The molecule has 0 aromatic heterocycles. The molecule has 172 valence electrons. The van der Waals surface area contributed by atoms with Crippen LogP contribution in [0.15, 0.2) is 42.5 Å². The van der Waals surface area contributed by atoms with Gasteiger partial charge in [-0.25, -0.2) is 4.39 Å². The summed E-state index contributed by atoms with van der Waals surface area (Å²) in [5, 5.41) is 0. The van der Waals surface area contributed by atoms with E-state index in [9.17, 15) is 9.18 Å². The third-order valence-electron chi connectivity index (χ3n) is 6.67. The summed E-state index contributed by atoms with van der Waals surface area (Å²) in [5.41, 5.74) is 2.55. The SMILES string of the molecule is CCOc1ccc2c(c1)C(C)CC(C)(C)N2C(=O)CN1CCN(c2ccccc2F)CC1. The van der Waals surface area contributed by atoms with Crippen LogP contribution in [0, 0.1) is 5.82 Å². The number of benzene rings is 2. The van der Waals surface area contributed by atoms with Gasteiger partial charge >= 0.3 is 0 Å². The van der Waals surface area contributed by atoms with Crippen molar-refractivity contribution in [3.05, 3.63) is 53.8 Å². The number of hydrogen-bond acceptors (Lipinski definition) is 4. The number of ether oxygens (including phenoxy) is 1. The Morgan fingerprint density at radius 1 is 1.09 bits per heavy atom. The van der Waals surface area contributed by atoms with Crippen molar-refractivity contribution in [2.45, 2.75) is 45.6 Å². The van der Waals surface area contributed by atoms with Crippen LogP contribution in [0.4, 0.5) is 15.8 Å². The van der Waals surface area contributed by atoms with Gasteiger partial charge in [-0.3, -0.25) is 9.69 Å². The monoisotopic (exact) mass is 439 g/mol. The first-order valence-corrected chi connectivity index (χ1v) is 11.6. The average Bonchev–Trinajstić information content (AvgIpc) is 2.75. The van der Waals surface area contributed by atoms with E-state index in [1.165, 1.54) is 11.6 Å². The molecule has 0 saturated carbocycles. The molecule has 1 amide bonds. The van der Waals surface area contributed by atoms with E-state index < -0.39 is 0 Å². The molecule has 2 aromatic rings. The number of para-hydroxylation sites is 1. The van der Waals surface area contributed by atoms with Crippen LogP contribution in [-0.2, 0) is 4.79 Å². The van der Waals surface area contributed by atoms with E-state index >= 15 is 0 Å². The molecule has 5 nitrogen and oxygen atoms in total. The predicted octanol–water partition coefficient (Wildman–Crippen LogP) is 4.67. The maximum absolute atomic E-state index is 14.1. The molecule has 1 unspecified atom stereocenters. The topological polar surface area (TPSA) is 36.0 Å². The van der Waals surface area contributed by atoms with E-state index in [-0.39, 0.29) is 17.3 Å². The van der Waals surface area contributed by atoms with Gasteiger partial charge in [-0.15, -0.1) is 0 Å². The number of fused-ring (bicyclic) bond motifs is 1. The highest BCUT2D eigenvalue weighted by molar-refractivity contribution is 5.97. The number of hydrogen-bond donors (Lipinski definition) is 0. The second kappa shape index (κ2) is 9.10. The summed E-state index contributed by atoms with van der Waals surface area (Å²) < 4.78 is 19.8. The van der Waals surface area contributed by atoms with Crippen LogP contribution >= 0.6 is 0 Å². The Labute approximate surface area is 190 Å². The summed E-state index contributed by atoms with van der Waals surface area (Å²) in [6.45, 7) is 12.4. The lowest BCUT2D eigenvalue weighted by molar-refractivity contribution is -0.121. The molecule has 4 rings (SSSR count). The highest BCUT2D eigenvalue weighted by Gasteiger charge is 2.40. The summed E-state index contributed by atoms with van der Waals surface area (Å²) in [6, 6.07) is 13.0. The first-order valence-electron chi connectivity index (χ1n) is 11.6. The van der Waals surface area contributed by atoms with Crippen LogP contribution in [0.3, 0.4) is 0 Å². The van der Waals surface area contributed by atoms with E-state index in [0.717, 1.165) is 30.9 Å². The fourth-order valence-corrected chi connectivity index (χ4v) is 5.25. The Hall–Kier alpha value is -2.60. The van der Waals surface area contributed by atoms with Crippen molar-refractivity contribution < 1.29 is 13.9 Å². The number of rotatable bonds is 5. The zero-order valence-electron chi connectivity index (χ0n) is 19.6. The quantitative estimate of drug-likeness (QED) is 0.679. The minimum absolute atomic E-state index is 0.117. The van der Waals surface area contributed by atoms with Gasteiger partial charge in [-0.05, 0) is 69.0 Å². The Kier molecular flexibility index (Phi) is 6.42. The summed E-state index contributed by atoms with van der Waals surface area (Å²) in [6.07, 6.45) is 0.905. The fourth-order valence-electron chi connectivity index (χ4n) is 5.25. The van der Waals surface area contributed by atoms with Crippen LogP contribution in [0.1, 0.15) is 45.6 Å². The lowest BCUT2D eigenvalue weighted by atomic mass is 9.80. The molecule has 0 N–H and O–H groups in total. The lowest BCUT2D eigenvalue weighted by Gasteiger charge is -2.47. The van der Waals surface area contributed by atoms with Gasteiger partial charge in [0.25, 0.3) is 0 Å². The van der Waals surface area contributed by atoms with Gasteiger partial charge in [0, 0.05) is 37.4 Å². The maximum atomic E-state index is 14.1. The molecule has 1 fully saturated rings. The Bertz CT molecular complexity index is 969. The zero-order chi connectivity index (χ0) is 22.9. The number of halogens is 1. The summed E-state index contributed by atoms with van der Waals surface area (Å²) in [5.74, 6) is 1.14. The molecule has 0 radical (unpaired) electrons. The third kappa shape index (κ3) is 4.46. The Morgan fingerprint density at radius 2 is 1.81 bits per heavy atom. The molecule has 2 aromatic carbocycles. The largest absolute Gasteiger partial charge is 0.494 e. The first-order chi connectivity index (χ1) is 15.3. The Morgan fingerprint density at radius 3 is 2.50 bits per heavy atom. The van der Waals surface area contributed by atoms with Crippen molar-refractivity contribution in [1.82, 2.24) is 4.90 Å². The zero-order valence-corrected chi connectivity index (χ0v) is 19.6. The van der Waals surface area contributed by atoms with Crippen molar-refractivity contribution >= 4 is 17.3 Å². The number of carbonyl (C=O) groups is 1. The van der Waals surface area contributed by atoms with Gasteiger partial charge in [0.2, 0.25) is 5.91 Å². The van der Waals surface area contributed by atoms with Crippen molar-refractivity contribution in [3.63, 3.8) is 0 Å². The van der Waals surface area contributed by atoms with Crippen LogP contribution in [0.5, 0.6) is 5.75 Å². The van der Waals surface area contributed by atoms with Gasteiger partial charge in [-0.2, -0.15) is 0 Å². The van der Waals surface area contributed by atoms with Gasteiger partial charge in [0.15, 0.2) is 0 Å². The molecule has 0 aliphatic carbocycles. The number of anilines is 2. The van der Waals surface area contributed by atoms with Crippen molar-refractivity contribution in [2.75, 3.05) is 49.1 Å². The van der Waals surface area contributed by atoms with E-state index in [0.29, 0.717) is 37.8 Å². The molecule has 0 bridgehead atoms. The van der Waals surface area contributed by atoms with Gasteiger partial charge in [-0.1, -0.05) is 19.1 Å². The van der Waals surface area contributed by atoms with Gasteiger partial charge in [0.1, 0.15) is 11.6 Å². The third-order valence-corrected chi connectivity index (χ3v) is 6.67. The van der Waals surface area contributed by atoms with E-state index in [2.05, 4.69) is 36.6 Å². The fraction of sp³-hybridized carbons (Fsp3) is 0.500.